The third-order valence-electron chi connectivity index (χ3n) is 9.95. The van der Waals surface area contributed by atoms with Crippen molar-refractivity contribution in [3.63, 3.8) is 0 Å². The molecule has 0 amide bonds. The molecule has 2 heterocycles. The van der Waals surface area contributed by atoms with Crippen LogP contribution in [0.25, 0.3) is 83.0 Å². The summed E-state index contributed by atoms with van der Waals surface area (Å²) in [6.07, 6.45) is 6.82. The Hall–Kier alpha value is -5.86. The number of para-hydroxylation sites is 2. The van der Waals surface area contributed by atoms with Crippen molar-refractivity contribution < 1.29 is 0 Å². The number of hydrogen-bond donors (Lipinski definition) is 0. The summed E-state index contributed by atoms with van der Waals surface area (Å²) in [5.74, 6) is 0. The van der Waals surface area contributed by atoms with Crippen molar-refractivity contribution in [2.45, 2.75) is 12.8 Å². The average Bonchev–Trinajstić information content (AvgIpc) is 3.63. The Morgan fingerprint density at radius 1 is 0.435 bits per heavy atom. The van der Waals surface area contributed by atoms with E-state index in [1.807, 2.05) is 0 Å². The molecule has 0 spiro atoms. The monoisotopic (exact) mass is 586 g/mol. The molecule has 0 N–H and O–H groups in total. The Morgan fingerprint density at radius 3 is 1.80 bits per heavy atom. The zero-order valence-corrected chi connectivity index (χ0v) is 25.3. The van der Waals surface area contributed by atoms with Crippen LogP contribution in [0.4, 0.5) is 0 Å². The van der Waals surface area contributed by atoms with Gasteiger partial charge in [0.15, 0.2) is 0 Å². The molecule has 0 saturated heterocycles. The van der Waals surface area contributed by atoms with Crippen molar-refractivity contribution in [2.24, 2.45) is 0 Å². The predicted molar refractivity (Wildman–Crippen MR) is 195 cm³/mol. The standard InChI is InChI=1S/C44H30N2/c1-2-12-31-26-34(23-20-29(31)10-1)45-41-17-7-5-15-36(41)38-27-32(21-24-43(38)45)33-22-25-44-39(28-33)37-16-6-8-18-42(37)46(44)40-19-9-13-30-11-3-4-14-35(30)40/h2-9,11-28H,1,10H2. The van der Waals surface area contributed by atoms with Gasteiger partial charge in [-0.25, -0.2) is 0 Å². The molecule has 0 fully saturated rings. The molecule has 0 atom stereocenters. The number of allylic oxidation sites excluding steroid dienone is 1. The summed E-state index contributed by atoms with van der Waals surface area (Å²) < 4.78 is 4.86. The summed E-state index contributed by atoms with van der Waals surface area (Å²) in [7, 11) is 0. The number of rotatable bonds is 3. The minimum absolute atomic E-state index is 1.12. The van der Waals surface area contributed by atoms with Gasteiger partial charge in [0.25, 0.3) is 0 Å². The van der Waals surface area contributed by atoms with Gasteiger partial charge in [0, 0.05) is 32.6 Å². The molecule has 0 saturated carbocycles. The molecule has 2 nitrogen and oxygen atoms in total. The molecule has 10 rings (SSSR count). The van der Waals surface area contributed by atoms with Gasteiger partial charge < -0.3 is 9.13 Å². The molecule has 1 aliphatic rings. The minimum Gasteiger partial charge on any atom is -0.309 e. The maximum Gasteiger partial charge on any atom is 0.0541 e. The molecule has 0 radical (unpaired) electrons. The van der Waals surface area contributed by atoms with E-state index in [1.54, 1.807) is 0 Å². The molecule has 2 heteroatoms. The van der Waals surface area contributed by atoms with E-state index in [4.69, 9.17) is 0 Å². The summed E-state index contributed by atoms with van der Waals surface area (Å²) in [6, 6.07) is 53.8. The van der Waals surface area contributed by atoms with Gasteiger partial charge in [0.2, 0.25) is 0 Å². The van der Waals surface area contributed by atoms with E-state index >= 15 is 0 Å². The van der Waals surface area contributed by atoms with Gasteiger partial charge in [0.1, 0.15) is 0 Å². The first kappa shape index (κ1) is 25.5. The van der Waals surface area contributed by atoms with Gasteiger partial charge in [0.05, 0.1) is 27.8 Å². The van der Waals surface area contributed by atoms with Gasteiger partial charge in [-0.15, -0.1) is 0 Å². The molecular weight excluding hydrogens is 556 g/mol. The lowest BCUT2D eigenvalue weighted by Gasteiger charge is -2.14. The van der Waals surface area contributed by atoms with Crippen LogP contribution in [0.3, 0.4) is 0 Å². The van der Waals surface area contributed by atoms with E-state index in [9.17, 15) is 0 Å². The SMILES string of the molecule is C1=Cc2cc(-n3c4ccccc4c4cc(-c5ccc6c(c5)c5ccccc5n6-c5cccc6ccccc56)ccc43)ccc2CC1. The number of fused-ring (bicyclic) bond motifs is 8. The molecule has 216 valence electrons. The van der Waals surface area contributed by atoms with Gasteiger partial charge in [-0.3, -0.25) is 0 Å². The van der Waals surface area contributed by atoms with Gasteiger partial charge in [-0.1, -0.05) is 103 Å². The third kappa shape index (κ3) is 3.71. The Balaban J connectivity index is 1.17. The topological polar surface area (TPSA) is 9.86 Å². The highest BCUT2D eigenvalue weighted by atomic mass is 15.0. The first-order valence-corrected chi connectivity index (χ1v) is 16.2. The largest absolute Gasteiger partial charge is 0.309 e. The zero-order chi connectivity index (χ0) is 30.2. The van der Waals surface area contributed by atoms with Crippen LogP contribution < -0.4 is 0 Å². The summed E-state index contributed by atoms with van der Waals surface area (Å²) in [4.78, 5) is 0. The first-order valence-electron chi connectivity index (χ1n) is 16.2. The minimum atomic E-state index is 1.12. The first-order chi connectivity index (χ1) is 22.8. The van der Waals surface area contributed by atoms with Crippen molar-refractivity contribution in [3.8, 4) is 22.5 Å². The Labute approximate surface area is 267 Å². The second-order valence-electron chi connectivity index (χ2n) is 12.5. The van der Waals surface area contributed by atoms with E-state index in [-0.39, 0.29) is 0 Å². The summed E-state index contributed by atoms with van der Waals surface area (Å²) in [5.41, 5.74) is 12.6. The van der Waals surface area contributed by atoms with Crippen LogP contribution >= 0.6 is 0 Å². The molecule has 7 aromatic carbocycles. The summed E-state index contributed by atoms with van der Waals surface area (Å²) >= 11 is 0. The van der Waals surface area contributed by atoms with Crippen LogP contribution in [0.1, 0.15) is 17.5 Å². The van der Waals surface area contributed by atoms with E-state index in [2.05, 4.69) is 167 Å². The average molecular weight is 587 g/mol. The number of aromatic nitrogens is 2. The molecule has 0 bridgehead atoms. The van der Waals surface area contributed by atoms with E-state index in [1.165, 1.54) is 88.0 Å². The molecule has 0 aliphatic heterocycles. The van der Waals surface area contributed by atoms with Crippen molar-refractivity contribution >= 4 is 60.5 Å². The fraction of sp³-hybridized carbons (Fsp3) is 0.0455. The Bertz CT molecular complexity index is 2690. The Morgan fingerprint density at radius 2 is 1.04 bits per heavy atom. The zero-order valence-electron chi connectivity index (χ0n) is 25.3. The Kier molecular flexibility index (Phi) is 5.44. The second-order valence-corrected chi connectivity index (χ2v) is 12.5. The van der Waals surface area contributed by atoms with E-state index in [0.29, 0.717) is 0 Å². The van der Waals surface area contributed by atoms with Crippen LogP contribution in [0.2, 0.25) is 0 Å². The van der Waals surface area contributed by atoms with E-state index in [0.717, 1.165) is 12.8 Å². The smallest absolute Gasteiger partial charge is 0.0541 e. The lowest BCUT2D eigenvalue weighted by molar-refractivity contribution is 0.982. The highest BCUT2D eigenvalue weighted by Gasteiger charge is 2.17. The third-order valence-corrected chi connectivity index (χ3v) is 9.95. The maximum absolute atomic E-state index is 2.43. The van der Waals surface area contributed by atoms with Crippen molar-refractivity contribution in [1.29, 1.82) is 0 Å². The van der Waals surface area contributed by atoms with Crippen LogP contribution in [-0.2, 0) is 6.42 Å². The molecule has 1 aliphatic carbocycles. The van der Waals surface area contributed by atoms with Crippen LogP contribution in [-0.4, -0.2) is 9.13 Å². The summed E-state index contributed by atoms with van der Waals surface area (Å²) in [5, 5.41) is 7.60. The van der Waals surface area contributed by atoms with Crippen LogP contribution in [0.5, 0.6) is 0 Å². The van der Waals surface area contributed by atoms with Gasteiger partial charge in [-0.2, -0.15) is 0 Å². The molecule has 0 unspecified atom stereocenters. The fourth-order valence-electron chi connectivity index (χ4n) is 7.80. The van der Waals surface area contributed by atoms with Crippen molar-refractivity contribution in [2.75, 3.05) is 0 Å². The molecular formula is C44H30N2. The number of hydrogen-bond acceptors (Lipinski definition) is 0. The number of benzene rings is 7. The predicted octanol–water partition coefficient (Wildman–Crippen LogP) is 11.7. The number of aryl methyl sites for hydroxylation is 1. The molecule has 2 aromatic heterocycles. The van der Waals surface area contributed by atoms with Crippen LogP contribution in [0, 0.1) is 0 Å². The van der Waals surface area contributed by atoms with E-state index < -0.39 is 0 Å². The highest BCUT2D eigenvalue weighted by Crippen LogP contribution is 2.39. The normalized spacial score (nSPS) is 13.0. The molecule has 9 aromatic rings. The second kappa shape index (κ2) is 9.82. The van der Waals surface area contributed by atoms with Crippen molar-refractivity contribution in [3.05, 3.63) is 163 Å². The maximum atomic E-state index is 2.43. The lowest BCUT2D eigenvalue weighted by Crippen LogP contribution is -1.99. The molecule has 46 heavy (non-hydrogen) atoms. The summed E-state index contributed by atoms with van der Waals surface area (Å²) in [6.45, 7) is 0. The van der Waals surface area contributed by atoms with Gasteiger partial charge in [-0.05, 0) is 95.1 Å². The lowest BCUT2D eigenvalue weighted by atomic mass is 9.97. The van der Waals surface area contributed by atoms with Gasteiger partial charge >= 0.3 is 0 Å². The highest BCUT2D eigenvalue weighted by molar-refractivity contribution is 6.13. The quantitative estimate of drug-likeness (QED) is 0.195. The fourth-order valence-corrected chi connectivity index (χ4v) is 7.80. The van der Waals surface area contributed by atoms with Crippen LogP contribution in [0.15, 0.2) is 152 Å². The van der Waals surface area contributed by atoms with Crippen molar-refractivity contribution in [1.82, 2.24) is 9.13 Å². The number of nitrogens with zero attached hydrogens (tertiary/aromatic N) is 2.